The van der Waals surface area contributed by atoms with Gasteiger partial charge in [0.05, 0.1) is 18.8 Å². The summed E-state index contributed by atoms with van der Waals surface area (Å²) < 4.78 is 11.1. The van der Waals surface area contributed by atoms with Crippen molar-refractivity contribution in [3.63, 3.8) is 0 Å². The lowest BCUT2D eigenvalue weighted by atomic mass is 10.1. The van der Waals surface area contributed by atoms with Crippen molar-refractivity contribution in [3.05, 3.63) is 45.9 Å². The summed E-state index contributed by atoms with van der Waals surface area (Å²) in [7, 11) is 5.53. The molecule has 0 spiro atoms. The minimum Gasteiger partial charge on any atom is -0.493 e. The lowest BCUT2D eigenvalue weighted by Crippen LogP contribution is -2.39. The van der Waals surface area contributed by atoms with Gasteiger partial charge in [-0.25, -0.2) is 4.98 Å². The van der Waals surface area contributed by atoms with Crippen LogP contribution in [-0.4, -0.2) is 50.2 Å². The molecule has 160 valence electrons. The van der Waals surface area contributed by atoms with Gasteiger partial charge in [0.2, 0.25) is 0 Å². The fourth-order valence-corrected chi connectivity index (χ4v) is 3.56. The predicted octanol–water partition coefficient (Wildman–Crippen LogP) is 4.14. The van der Waals surface area contributed by atoms with Gasteiger partial charge in [-0.1, -0.05) is 26.0 Å². The molecule has 0 aliphatic rings. The van der Waals surface area contributed by atoms with Crippen LogP contribution in [0.2, 0.25) is 0 Å². The van der Waals surface area contributed by atoms with Crippen LogP contribution in [0.5, 0.6) is 5.75 Å². The molecule has 0 fully saturated rings. The molecular formula is C22H34N4O2S. The number of hydrogen-bond donors (Lipinski definition) is 1. The van der Waals surface area contributed by atoms with Crippen molar-refractivity contribution in [1.82, 2.24) is 15.2 Å². The van der Waals surface area contributed by atoms with Gasteiger partial charge in [-0.3, -0.25) is 4.99 Å². The van der Waals surface area contributed by atoms with Crippen molar-refractivity contribution in [2.75, 3.05) is 34.4 Å². The van der Waals surface area contributed by atoms with Crippen molar-refractivity contribution in [1.29, 1.82) is 0 Å². The maximum atomic E-state index is 5.74. The van der Waals surface area contributed by atoms with E-state index in [1.165, 1.54) is 5.56 Å². The minimum absolute atomic E-state index is 0.0265. The van der Waals surface area contributed by atoms with Crippen molar-refractivity contribution in [3.8, 4) is 5.75 Å². The second-order valence-corrected chi connectivity index (χ2v) is 8.37. The maximum Gasteiger partial charge on any atom is 0.193 e. The van der Waals surface area contributed by atoms with Gasteiger partial charge in [0, 0.05) is 33.1 Å². The molecule has 0 amide bonds. The number of thiazole rings is 1. The first-order chi connectivity index (χ1) is 13.9. The monoisotopic (exact) mass is 418 g/mol. The van der Waals surface area contributed by atoms with E-state index in [4.69, 9.17) is 9.47 Å². The van der Waals surface area contributed by atoms with E-state index in [1.807, 2.05) is 26.1 Å². The third-order valence-corrected chi connectivity index (χ3v) is 5.50. The molecule has 0 radical (unpaired) electrons. The molecular weight excluding hydrogens is 384 g/mol. The Morgan fingerprint density at radius 3 is 2.59 bits per heavy atom. The van der Waals surface area contributed by atoms with Gasteiger partial charge in [0.25, 0.3) is 0 Å². The Morgan fingerprint density at radius 1 is 1.24 bits per heavy atom. The van der Waals surface area contributed by atoms with Crippen LogP contribution < -0.4 is 10.1 Å². The molecule has 1 heterocycles. The first kappa shape index (κ1) is 23.2. The first-order valence-corrected chi connectivity index (χ1v) is 10.9. The van der Waals surface area contributed by atoms with Gasteiger partial charge in [0.1, 0.15) is 16.9 Å². The number of methoxy groups -OCH3 is 1. The molecule has 2 rings (SSSR count). The average Bonchev–Trinajstić information content (AvgIpc) is 3.18. The van der Waals surface area contributed by atoms with Crippen LogP contribution >= 0.6 is 11.3 Å². The molecule has 6 nitrogen and oxygen atoms in total. The van der Waals surface area contributed by atoms with E-state index in [0.29, 0.717) is 12.5 Å². The number of ether oxygens (including phenoxy) is 2. The van der Waals surface area contributed by atoms with Crippen LogP contribution in [-0.2, 0) is 17.7 Å². The second-order valence-electron chi connectivity index (χ2n) is 7.48. The number of rotatable bonds is 10. The van der Waals surface area contributed by atoms with Crippen LogP contribution in [0.25, 0.3) is 0 Å². The summed E-state index contributed by atoms with van der Waals surface area (Å²) in [4.78, 5) is 11.1. The van der Waals surface area contributed by atoms with Gasteiger partial charge in [-0.2, -0.15) is 0 Å². The zero-order valence-corrected chi connectivity index (χ0v) is 19.3. The van der Waals surface area contributed by atoms with E-state index in [2.05, 4.69) is 51.6 Å². The molecule has 0 saturated carbocycles. The van der Waals surface area contributed by atoms with Crippen molar-refractivity contribution in [2.45, 2.75) is 39.8 Å². The summed E-state index contributed by atoms with van der Waals surface area (Å²) in [5.41, 5.74) is 2.29. The quantitative estimate of drug-likeness (QED) is 0.464. The molecule has 1 aromatic heterocycles. The van der Waals surface area contributed by atoms with Crippen molar-refractivity contribution >= 4 is 17.3 Å². The Morgan fingerprint density at radius 2 is 1.97 bits per heavy atom. The molecule has 0 aliphatic heterocycles. The first-order valence-electron chi connectivity index (χ1n) is 10.0. The standard InChI is InChI=1S/C22H34N4O2S/c1-16(2)14-28-20-9-7-18(8-10-20)11-12-24-22(23-4)26(5)13-19-15-29-21(25-19)17(3)27-6/h7-10,15-17H,11-14H2,1-6H3,(H,23,24). The fraction of sp³-hybridized carbons (Fsp3) is 0.545. The third-order valence-electron chi connectivity index (χ3n) is 4.45. The highest BCUT2D eigenvalue weighted by atomic mass is 32.1. The Kier molecular flexibility index (Phi) is 9.41. The smallest absolute Gasteiger partial charge is 0.193 e. The maximum absolute atomic E-state index is 5.74. The van der Waals surface area contributed by atoms with Crippen molar-refractivity contribution in [2.24, 2.45) is 10.9 Å². The number of aliphatic imine (C=N–C) groups is 1. The van der Waals surface area contributed by atoms with E-state index in [9.17, 15) is 0 Å². The summed E-state index contributed by atoms with van der Waals surface area (Å²) >= 11 is 1.63. The van der Waals surface area contributed by atoms with Gasteiger partial charge in [-0.15, -0.1) is 11.3 Å². The van der Waals surface area contributed by atoms with Gasteiger partial charge in [0.15, 0.2) is 5.96 Å². The van der Waals surface area contributed by atoms with Crippen LogP contribution in [0, 0.1) is 5.92 Å². The summed E-state index contributed by atoms with van der Waals surface area (Å²) in [5.74, 6) is 2.31. The largest absolute Gasteiger partial charge is 0.493 e. The predicted molar refractivity (Wildman–Crippen MR) is 121 cm³/mol. The highest BCUT2D eigenvalue weighted by molar-refractivity contribution is 7.09. The Bertz CT molecular complexity index is 758. The molecule has 1 atom stereocenters. The number of guanidine groups is 1. The molecule has 1 aromatic carbocycles. The lowest BCUT2D eigenvalue weighted by Gasteiger charge is -2.21. The number of benzene rings is 1. The van der Waals surface area contributed by atoms with E-state index in [-0.39, 0.29) is 6.10 Å². The second kappa shape index (κ2) is 11.8. The van der Waals surface area contributed by atoms with Crippen molar-refractivity contribution < 1.29 is 9.47 Å². The van der Waals surface area contributed by atoms with Gasteiger partial charge < -0.3 is 19.7 Å². The minimum atomic E-state index is 0.0265. The van der Waals surface area contributed by atoms with E-state index in [0.717, 1.165) is 42.0 Å². The number of hydrogen-bond acceptors (Lipinski definition) is 5. The third kappa shape index (κ3) is 7.66. The summed E-state index contributed by atoms with van der Waals surface area (Å²) in [6.07, 6.45) is 0.947. The normalized spacial score (nSPS) is 12.9. The molecule has 0 bridgehead atoms. The Hall–Kier alpha value is -2.12. The molecule has 1 unspecified atom stereocenters. The summed E-state index contributed by atoms with van der Waals surface area (Å²) in [5, 5.41) is 6.51. The highest BCUT2D eigenvalue weighted by Crippen LogP contribution is 2.21. The fourth-order valence-electron chi connectivity index (χ4n) is 2.72. The zero-order chi connectivity index (χ0) is 21.2. The molecule has 0 aliphatic carbocycles. The lowest BCUT2D eigenvalue weighted by molar-refractivity contribution is 0.119. The zero-order valence-electron chi connectivity index (χ0n) is 18.4. The molecule has 1 N–H and O–H groups in total. The number of aromatic nitrogens is 1. The summed E-state index contributed by atoms with van der Waals surface area (Å²) in [6, 6.07) is 8.33. The number of nitrogens with one attached hydrogen (secondary N) is 1. The highest BCUT2D eigenvalue weighted by Gasteiger charge is 2.12. The Balaban J connectivity index is 1.80. The van der Waals surface area contributed by atoms with Crippen LogP contribution in [0.1, 0.15) is 43.1 Å². The summed E-state index contributed by atoms with van der Waals surface area (Å²) in [6.45, 7) is 8.57. The molecule has 29 heavy (non-hydrogen) atoms. The average molecular weight is 419 g/mol. The molecule has 7 heteroatoms. The van der Waals surface area contributed by atoms with E-state index < -0.39 is 0 Å². The van der Waals surface area contributed by atoms with E-state index >= 15 is 0 Å². The van der Waals surface area contributed by atoms with Gasteiger partial charge in [-0.05, 0) is 37.0 Å². The van der Waals surface area contributed by atoms with Gasteiger partial charge >= 0.3 is 0 Å². The molecule has 2 aromatic rings. The van der Waals surface area contributed by atoms with E-state index in [1.54, 1.807) is 25.5 Å². The van der Waals surface area contributed by atoms with Crippen LogP contribution in [0.15, 0.2) is 34.6 Å². The Labute approximate surface area is 179 Å². The van der Waals surface area contributed by atoms with Crippen LogP contribution in [0.4, 0.5) is 0 Å². The topological polar surface area (TPSA) is 59.0 Å². The SMILES string of the molecule is CN=C(NCCc1ccc(OCC(C)C)cc1)N(C)Cc1csc(C(C)OC)n1. The molecule has 0 saturated heterocycles. The van der Waals surface area contributed by atoms with Crippen LogP contribution in [0.3, 0.4) is 0 Å². The number of nitrogens with zero attached hydrogens (tertiary/aromatic N) is 3.